The summed E-state index contributed by atoms with van der Waals surface area (Å²) in [6, 6.07) is 4.34. The summed E-state index contributed by atoms with van der Waals surface area (Å²) in [5.74, 6) is 0.617. The quantitative estimate of drug-likeness (QED) is 0.785. The molecule has 0 aliphatic carbocycles. The molecule has 0 unspecified atom stereocenters. The second-order valence-electron chi connectivity index (χ2n) is 5.83. The van der Waals surface area contributed by atoms with Crippen LogP contribution in [-0.2, 0) is 11.3 Å². The van der Waals surface area contributed by atoms with E-state index in [9.17, 15) is 0 Å². The number of rotatable bonds is 3. The van der Waals surface area contributed by atoms with Gasteiger partial charge in [-0.25, -0.2) is 4.98 Å². The lowest BCUT2D eigenvalue weighted by molar-refractivity contribution is 0.0345. The van der Waals surface area contributed by atoms with Gasteiger partial charge in [0.25, 0.3) is 0 Å². The molecular weight excluding hydrogens is 326 g/mol. The molecule has 0 radical (unpaired) electrons. The van der Waals surface area contributed by atoms with Gasteiger partial charge in [-0.05, 0) is 30.0 Å². The standard InChI is InChI=1S/C17H19N3OS2/c1-11-8-14(23-15(11)10-20-3-5-21-6-4-20)13-9-19-17(18)12-2-7-22-16(12)13/h2,7-9H,3-6,10H2,1H3,(H2,18,19). The number of morpholine rings is 1. The maximum atomic E-state index is 5.99. The first kappa shape index (κ1) is 15.1. The van der Waals surface area contributed by atoms with Gasteiger partial charge in [-0.3, -0.25) is 4.90 Å². The topological polar surface area (TPSA) is 51.4 Å². The van der Waals surface area contributed by atoms with E-state index in [4.69, 9.17) is 10.5 Å². The summed E-state index contributed by atoms with van der Waals surface area (Å²) in [7, 11) is 0. The summed E-state index contributed by atoms with van der Waals surface area (Å²) >= 11 is 3.61. The SMILES string of the molecule is Cc1cc(-c2cnc(N)c3ccsc23)sc1CN1CCOCC1. The minimum atomic E-state index is 0.617. The Kier molecular flexibility index (Phi) is 4.07. The van der Waals surface area contributed by atoms with E-state index in [0.29, 0.717) is 5.82 Å². The summed E-state index contributed by atoms with van der Waals surface area (Å²) in [6.45, 7) is 6.93. The maximum absolute atomic E-state index is 5.99. The van der Waals surface area contributed by atoms with E-state index in [-0.39, 0.29) is 0 Å². The van der Waals surface area contributed by atoms with Gasteiger partial charge in [0.1, 0.15) is 5.82 Å². The Labute approximate surface area is 143 Å². The second-order valence-corrected chi connectivity index (χ2v) is 7.88. The fourth-order valence-electron chi connectivity index (χ4n) is 2.93. The molecular formula is C17H19N3OS2. The van der Waals surface area contributed by atoms with E-state index in [1.807, 2.05) is 17.5 Å². The van der Waals surface area contributed by atoms with Crippen molar-refractivity contribution in [2.45, 2.75) is 13.5 Å². The third-order valence-corrected chi connectivity index (χ3v) is 6.48. The Balaban J connectivity index is 1.68. The van der Waals surface area contributed by atoms with Crippen molar-refractivity contribution >= 4 is 38.6 Å². The molecule has 1 aliphatic heterocycles. The molecule has 3 aromatic rings. The lowest BCUT2D eigenvalue weighted by Gasteiger charge is -2.26. The molecule has 4 heterocycles. The van der Waals surface area contributed by atoms with Crippen LogP contribution in [0, 0.1) is 6.92 Å². The van der Waals surface area contributed by atoms with Crippen molar-refractivity contribution in [2.75, 3.05) is 32.0 Å². The van der Waals surface area contributed by atoms with Gasteiger partial charge >= 0.3 is 0 Å². The van der Waals surface area contributed by atoms with E-state index in [1.54, 1.807) is 11.3 Å². The van der Waals surface area contributed by atoms with Gasteiger partial charge in [-0.2, -0.15) is 0 Å². The Morgan fingerprint density at radius 3 is 3.00 bits per heavy atom. The molecule has 0 aromatic carbocycles. The lowest BCUT2D eigenvalue weighted by atomic mass is 10.1. The van der Waals surface area contributed by atoms with Gasteiger partial charge in [0, 0.05) is 51.2 Å². The van der Waals surface area contributed by atoms with Crippen LogP contribution in [0.5, 0.6) is 0 Å². The fraction of sp³-hybridized carbons (Fsp3) is 0.353. The van der Waals surface area contributed by atoms with E-state index in [2.05, 4.69) is 34.3 Å². The molecule has 6 heteroatoms. The van der Waals surface area contributed by atoms with Crippen LogP contribution in [0.25, 0.3) is 20.5 Å². The monoisotopic (exact) mass is 345 g/mol. The number of thiophene rings is 2. The fourth-order valence-corrected chi connectivity index (χ4v) is 5.16. The van der Waals surface area contributed by atoms with Crippen LogP contribution < -0.4 is 5.73 Å². The van der Waals surface area contributed by atoms with Crippen LogP contribution in [0.4, 0.5) is 5.82 Å². The van der Waals surface area contributed by atoms with Crippen LogP contribution in [-0.4, -0.2) is 36.2 Å². The highest BCUT2D eigenvalue weighted by atomic mass is 32.1. The van der Waals surface area contributed by atoms with Crippen molar-refractivity contribution in [3.8, 4) is 10.4 Å². The van der Waals surface area contributed by atoms with Gasteiger partial charge in [-0.15, -0.1) is 22.7 Å². The Hall–Kier alpha value is -1.47. The van der Waals surface area contributed by atoms with Crippen molar-refractivity contribution in [2.24, 2.45) is 0 Å². The molecule has 1 aliphatic rings. The van der Waals surface area contributed by atoms with Crippen LogP contribution in [0.2, 0.25) is 0 Å². The summed E-state index contributed by atoms with van der Waals surface area (Å²) in [5.41, 5.74) is 8.55. The molecule has 3 aromatic heterocycles. The predicted molar refractivity (Wildman–Crippen MR) is 98.2 cm³/mol. The van der Waals surface area contributed by atoms with Crippen molar-refractivity contribution < 1.29 is 4.74 Å². The molecule has 23 heavy (non-hydrogen) atoms. The molecule has 0 bridgehead atoms. The number of aromatic nitrogens is 1. The molecule has 0 atom stereocenters. The molecule has 1 saturated heterocycles. The number of anilines is 1. The van der Waals surface area contributed by atoms with Crippen molar-refractivity contribution in [1.29, 1.82) is 0 Å². The third kappa shape index (κ3) is 2.87. The zero-order valence-electron chi connectivity index (χ0n) is 13.0. The Bertz CT molecular complexity index is 834. The minimum Gasteiger partial charge on any atom is -0.383 e. The van der Waals surface area contributed by atoms with Crippen molar-refractivity contribution in [3.63, 3.8) is 0 Å². The number of hydrogen-bond acceptors (Lipinski definition) is 6. The van der Waals surface area contributed by atoms with E-state index in [0.717, 1.165) is 38.2 Å². The Morgan fingerprint density at radius 1 is 1.35 bits per heavy atom. The van der Waals surface area contributed by atoms with Crippen molar-refractivity contribution in [3.05, 3.63) is 34.2 Å². The first-order valence-electron chi connectivity index (χ1n) is 7.74. The first-order chi connectivity index (χ1) is 11.2. The van der Waals surface area contributed by atoms with Gasteiger partial charge in [0.15, 0.2) is 0 Å². The number of nitrogens with two attached hydrogens (primary N) is 1. The van der Waals surface area contributed by atoms with E-state index < -0.39 is 0 Å². The molecule has 0 spiro atoms. The van der Waals surface area contributed by atoms with Gasteiger partial charge in [0.05, 0.1) is 13.2 Å². The highest BCUT2D eigenvalue weighted by Crippen LogP contribution is 2.39. The summed E-state index contributed by atoms with van der Waals surface area (Å²) in [6.07, 6.45) is 1.91. The van der Waals surface area contributed by atoms with Gasteiger partial charge in [-0.1, -0.05) is 0 Å². The summed E-state index contributed by atoms with van der Waals surface area (Å²) in [5, 5.41) is 3.15. The van der Waals surface area contributed by atoms with Crippen molar-refractivity contribution in [1.82, 2.24) is 9.88 Å². The smallest absolute Gasteiger partial charge is 0.132 e. The first-order valence-corrected chi connectivity index (χ1v) is 9.43. The normalized spacial score (nSPS) is 16.2. The minimum absolute atomic E-state index is 0.617. The molecule has 120 valence electrons. The van der Waals surface area contributed by atoms with Crippen LogP contribution in [0.3, 0.4) is 0 Å². The highest BCUT2D eigenvalue weighted by Gasteiger charge is 2.16. The van der Waals surface area contributed by atoms with Crippen LogP contribution >= 0.6 is 22.7 Å². The zero-order valence-corrected chi connectivity index (χ0v) is 14.7. The third-order valence-electron chi connectivity index (χ3n) is 4.28. The number of hydrogen-bond donors (Lipinski definition) is 1. The number of nitrogens with zero attached hydrogens (tertiary/aromatic N) is 2. The zero-order chi connectivity index (χ0) is 15.8. The Morgan fingerprint density at radius 2 is 2.17 bits per heavy atom. The van der Waals surface area contributed by atoms with Gasteiger partial charge in [0.2, 0.25) is 0 Å². The maximum Gasteiger partial charge on any atom is 0.132 e. The average Bonchev–Trinajstić information content (AvgIpc) is 3.17. The molecule has 4 nitrogen and oxygen atoms in total. The number of fused-ring (bicyclic) bond motifs is 1. The lowest BCUT2D eigenvalue weighted by Crippen LogP contribution is -2.35. The molecule has 0 saturated carbocycles. The van der Waals surface area contributed by atoms with Gasteiger partial charge < -0.3 is 10.5 Å². The second kappa shape index (κ2) is 6.20. The predicted octanol–water partition coefficient (Wildman–Crippen LogP) is 3.75. The highest BCUT2D eigenvalue weighted by molar-refractivity contribution is 7.19. The number of aryl methyl sites for hydroxylation is 1. The van der Waals surface area contributed by atoms with Crippen LogP contribution in [0.15, 0.2) is 23.7 Å². The number of ether oxygens (including phenoxy) is 1. The molecule has 4 rings (SSSR count). The largest absolute Gasteiger partial charge is 0.383 e. The molecule has 2 N–H and O–H groups in total. The van der Waals surface area contributed by atoms with E-state index >= 15 is 0 Å². The average molecular weight is 345 g/mol. The van der Waals surface area contributed by atoms with Crippen LogP contribution in [0.1, 0.15) is 10.4 Å². The number of nitrogen functional groups attached to an aromatic ring is 1. The molecule has 0 amide bonds. The number of pyridine rings is 1. The summed E-state index contributed by atoms with van der Waals surface area (Å²) in [4.78, 5) is 9.56. The van der Waals surface area contributed by atoms with E-state index in [1.165, 1.54) is 25.6 Å². The molecule has 1 fully saturated rings. The summed E-state index contributed by atoms with van der Waals surface area (Å²) < 4.78 is 6.67.